The fourth-order valence-corrected chi connectivity index (χ4v) is 3.29. The number of likely N-dealkylation sites (tertiary alicyclic amines) is 1. The summed E-state index contributed by atoms with van der Waals surface area (Å²) >= 11 is 0. The van der Waals surface area contributed by atoms with E-state index in [4.69, 9.17) is 5.26 Å². The largest absolute Gasteiger partial charge is 0.355 e. The fraction of sp³-hybridized carbons (Fsp3) is 0.667. The summed E-state index contributed by atoms with van der Waals surface area (Å²) in [7, 11) is 0. The summed E-state index contributed by atoms with van der Waals surface area (Å²) in [6.07, 6.45) is 9.83. The van der Waals surface area contributed by atoms with Gasteiger partial charge in [-0.15, -0.1) is 0 Å². The van der Waals surface area contributed by atoms with Crippen LogP contribution >= 0.6 is 0 Å². The van der Waals surface area contributed by atoms with Crippen molar-refractivity contribution in [2.24, 2.45) is 0 Å². The molecule has 0 spiro atoms. The predicted octanol–water partition coefficient (Wildman–Crippen LogP) is 1.80. The zero-order valence-corrected chi connectivity index (χ0v) is 11.8. The van der Waals surface area contributed by atoms with E-state index in [-0.39, 0.29) is 0 Å². The van der Waals surface area contributed by atoms with Crippen LogP contribution in [0.15, 0.2) is 12.4 Å². The Labute approximate surface area is 120 Å². The summed E-state index contributed by atoms with van der Waals surface area (Å²) in [6.45, 7) is 4.65. The van der Waals surface area contributed by atoms with E-state index < -0.39 is 0 Å². The molecule has 0 aromatic carbocycles. The van der Waals surface area contributed by atoms with Gasteiger partial charge in [-0.05, 0) is 38.8 Å². The van der Waals surface area contributed by atoms with Crippen molar-refractivity contribution in [1.29, 1.82) is 5.26 Å². The quantitative estimate of drug-likeness (QED) is 0.821. The molecule has 20 heavy (non-hydrogen) atoms. The number of rotatable bonds is 2. The highest BCUT2D eigenvalue weighted by Gasteiger charge is 2.26. The Balaban J connectivity index is 1.56. The molecular formula is C15H21N5. The first-order valence-corrected chi connectivity index (χ1v) is 7.58. The van der Waals surface area contributed by atoms with Crippen molar-refractivity contribution in [2.75, 3.05) is 31.1 Å². The van der Waals surface area contributed by atoms with Crippen molar-refractivity contribution in [3.63, 3.8) is 0 Å². The van der Waals surface area contributed by atoms with E-state index >= 15 is 0 Å². The van der Waals surface area contributed by atoms with E-state index in [1.54, 1.807) is 12.4 Å². The number of hydrogen-bond acceptors (Lipinski definition) is 5. The van der Waals surface area contributed by atoms with Crippen LogP contribution in [-0.4, -0.2) is 47.1 Å². The Kier molecular flexibility index (Phi) is 4.12. The second kappa shape index (κ2) is 6.19. The molecule has 0 atom stereocenters. The normalized spacial score (nSPS) is 21.6. The molecule has 2 aliphatic rings. The van der Waals surface area contributed by atoms with Crippen LogP contribution in [0.4, 0.5) is 5.82 Å². The molecule has 0 unspecified atom stereocenters. The molecule has 3 heterocycles. The van der Waals surface area contributed by atoms with Crippen molar-refractivity contribution < 1.29 is 0 Å². The lowest BCUT2D eigenvalue weighted by Gasteiger charge is -2.40. The summed E-state index contributed by atoms with van der Waals surface area (Å²) < 4.78 is 0. The summed E-state index contributed by atoms with van der Waals surface area (Å²) in [4.78, 5) is 13.4. The Hall–Kier alpha value is -1.67. The van der Waals surface area contributed by atoms with Crippen LogP contribution in [0.2, 0.25) is 0 Å². The fourth-order valence-electron chi connectivity index (χ4n) is 3.29. The Bertz CT molecular complexity index is 464. The maximum Gasteiger partial charge on any atom is 0.158 e. The topological polar surface area (TPSA) is 56.1 Å². The molecule has 0 radical (unpaired) electrons. The lowest BCUT2D eigenvalue weighted by Crippen LogP contribution is -2.46. The van der Waals surface area contributed by atoms with Gasteiger partial charge in [0.05, 0.1) is 12.4 Å². The van der Waals surface area contributed by atoms with Gasteiger partial charge in [-0.1, -0.05) is 6.42 Å². The van der Waals surface area contributed by atoms with Gasteiger partial charge in [0.25, 0.3) is 0 Å². The first-order valence-electron chi connectivity index (χ1n) is 7.58. The van der Waals surface area contributed by atoms with Gasteiger partial charge >= 0.3 is 0 Å². The highest BCUT2D eigenvalue weighted by Crippen LogP contribution is 2.23. The monoisotopic (exact) mass is 271 g/mol. The zero-order chi connectivity index (χ0) is 13.8. The summed E-state index contributed by atoms with van der Waals surface area (Å²) in [5, 5.41) is 8.75. The van der Waals surface area contributed by atoms with Crippen LogP contribution in [-0.2, 0) is 0 Å². The number of aromatic nitrogens is 2. The van der Waals surface area contributed by atoms with Gasteiger partial charge in [-0.3, -0.25) is 0 Å². The lowest BCUT2D eigenvalue weighted by atomic mass is 10.00. The third-order valence-electron chi connectivity index (χ3n) is 4.45. The molecule has 3 rings (SSSR count). The summed E-state index contributed by atoms with van der Waals surface area (Å²) in [5.41, 5.74) is 0.386. The van der Waals surface area contributed by atoms with Gasteiger partial charge in [-0.2, -0.15) is 5.26 Å². The minimum atomic E-state index is 0.386. The van der Waals surface area contributed by atoms with E-state index in [2.05, 4.69) is 19.8 Å². The maximum absolute atomic E-state index is 8.75. The second-order valence-electron chi connectivity index (χ2n) is 5.69. The van der Waals surface area contributed by atoms with Gasteiger partial charge in [0.1, 0.15) is 11.9 Å². The van der Waals surface area contributed by atoms with Crippen molar-refractivity contribution in [3.8, 4) is 6.07 Å². The third kappa shape index (κ3) is 2.91. The molecule has 1 aromatic heterocycles. The highest BCUT2D eigenvalue weighted by atomic mass is 15.2. The van der Waals surface area contributed by atoms with Crippen molar-refractivity contribution in [3.05, 3.63) is 18.1 Å². The molecule has 5 heteroatoms. The summed E-state index contributed by atoms with van der Waals surface area (Å²) in [6, 6.07) is 2.76. The molecule has 0 aliphatic carbocycles. The number of nitriles is 1. The second-order valence-corrected chi connectivity index (χ2v) is 5.69. The number of anilines is 1. The smallest absolute Gasteiger partial charge is 0.158 e. The lowest BCUT2D eigenvalue weighted by molar-refractivity contribution is 0.141. The molecule has 0 N–H and O–H groups in total. The Morgan fingerprint density at radius 1 is 1.00 bits per heavy atom. The Morgan fingerprint density at radius 3 is 2.35 bits per heavy atom. The van der Waals surface area contributed by atoms with Crippen LogP contribution in [0.3, 0.4) is 0 Å². The molecule has 1 aromatic rings. The van der Waals surface area contributed by atoms with E-state index in [9.17, 15) is 0 Å². The van der Waals surface area contributed by atoms with Crippen molar-refractivity contribution >= 4 is 5.82 Å². The third-order valence-corrected chi connectivity index (χ3v) is 4.45. The molecule has 0 saturated carbocycles. The van der Waals surface area contributed by atoms with Gasteiger partial charge < -0.3 is 9.80 Å². The van der Waals surface area contributed by atoms with Crippen LogP contribution in [0.25, 0.3) is 0 Å². The number of piperidine rings is 2. The predicted molar refractivity (Wildman–Crippen MR) is 77.4 cm³/mol. The van der Waals surface area contributed by atoms with Crippen LogP contribution in [0.5, 0.6) is 0 Å². The maximum atomic E-state index is 8.75. The average molecular weight is 271 g/mol. The molecule has 5 nitrogen and oxygen atoms in total. The minimum absolute atomic E-state index is 0.386. The van der Waals surface area contributed by atoms with E-state index in [1.165, 1.54) is 45.2 Å². The molecule has 2 saturated heterocycles. The van der Waals surface area contributed by atoms with Crippen molar-refractivity contribution in [2.45, 2.75) is 38.1 Å². The highest BCUT2D eigenvalue weighted by molar-refractivity contribution is 5.37. The molecule has 2 aliphatic heterocycles. The van der Waals surface area contributed by atoms with Crippen LogP contribution in [0, 0.1) is 11.3 Å². The van der Waals surface area contributed by atoms with Gasteiger partial charge in [0.2, 0.25) is 0 Å². The SMILES string of the molecule is N#Cc1cnc(N2CCC(N3CCCCC3)CC2)cn1. The van der Waals surface area contributed by atoms with E-state index in [0.717, 1.165) is 24.9 Å². The average Bonchev–Trinajstić information content (AvgIpc) is 2.56. The molecule has 0 amide bonds. The van der Waals surface area contributed by atoms with E-state index in [1.807, 2.05) is 6.07 Å². The number of nitrogens with zero attached hydrogens (tertiary/aromatic N) is 5. The zero-order valence-electron chi connectivity index (χ0n) is 11.8. The molecular weight excluding hydrogens is 250 g/mol. The molecule has 106 valence electrons. The first-order chi connectivity index (χ1) is 9.86. The van der Waals surface area contributed by atoms with Crippen molar-refractivity contribution in [1.82, 2.24) is 14.9 Å². The van der Waals surface area contributed by atoms with Crippen LogP contribution in [0.1, 0.15) is 37.8 Å². The first kappa shape index (κ1) is 13.3. The van der Waals surface area contributed by atoms with Crippen LogP contribution < -0.4 is 4.90 Å². The Morgan fingerprint density at radius 2 is 1.75 bits per heavy atom. The minimum Gasteiger partial charge on any atom is -0.355 e. The molecule has 0 bridgehead atoms. The van der Waals surface area contributed by atoms with Gasteiger partial charge in [0, 0.05) is 19.1 Å². The number of hydrogen-bond donors (Lipinski definition) is 0. The van der Waals surface area contributed by atoms with Gasteiger partial charge in [0.15, 0.2) is 5.69 Å². The standard InChI is InChI=1S/C15H21N5/c16-10-13-11-18-15(12-17-13)20-8-4-14(5-9-20)19-6-2-1-3-7-19/h11-12,14H,1-9H2. The van der Waals surface area contributed by atoms with E-state index in [0.29, 0.717) is 5.69 Å². The summed E-state index contributed by atoms with van der Waals surface area (Å²) in [5.74, 6) is 0.904. The molecule has 2 fully saturated rings. The van der Waals surface area contributed by atoms with Gasteiger partial charge in [-0.25, -0.2) is 9.97 Å².